The molecule has 1 aliphatic carbocycles. The molecule has 1 N–H and O–H groups in total. The van der Waals surface area contributed by atoms with Crippen LogP contribution in [0.3, 0.4) is 0 Å². The van der Waals surface area contributed by atoms with E-state index in [9.17, 15) is 9.90 Å². The summed E-state index contributed by atoms with van der Waals surface area (Å²) in [5, 5.41) is 9.57. The molecule has 0 radical (unpaired) electrons. The summed E-state index contributed by atoms with van der Waals surface area (Å²) in [6.07, 6.45) is 10.5. The minimum absolute atomic E-state index is 0.329. The Morgan fingerprint density at radius 3 is 2.86 bits per heavy atom. The monoisotopic (exact) mass is 288 g/mol. The molecule has 114 valence electrons. The summed E-state index contributed by atoms with van der Waals surface area (Å²) in [4.78, 5) is 18.1. The van der Waals surface area contributed by atoms with Crippen molar-refractivity contribution >= 4 is 5.97 Å². The van der Waals surface area contributed by atoms with E-state index in [1.165, 1.54) is 19.3 Å². The molecule has 3 atom stereocenters. The third-order valence-electron chi connectivity index (χ3n) is 5.09. The quantitative estimate of drug-likeness (QED) is 0.929. The normalized spacial score (nSPS) is 29.9. The maximum Gasteiger partial charge on any atom is 0.320 e. The number of rotatable bonds is 3. The second-order valence-corrected chi connectivity index (χ2v) is 6.59. The zero-order valence-corrected chi connectivity index (χ0v) is 12.7. The topological polar surface area (TPSA) is 53.4 Å². The summed E-state index contributed by atoms with van der Waals surface area (Å²) in [6.45, 7) is 2.75. The molecule has 4 heteroatoms. The number of aromatic nitrogens is 1. The number of carboxylic acid groups (broad SMARTS) is 1. The van der Waals surface area contributed by atoms with Gasteiger partial charge in [0.05, 0.1) is 0 Å². The largest absolute Gasteiger partial charge is 0.480 e. The fourth-order valence-electron chi connectivity index (χ4n) is 4.14. The van der Waals surface area contributed by atoms with Gasteiger partial charge < -0.3 is 5.11 Å². The van der Waals surface area contributed by atoms with Gasteiger partial charge in [0, 0.05) is 25.0 Å². The summed E-state index contributed by atoms with van der Waals surface area (Å²) in [5.41, 5.74) is 2.27. The summed E-state index contributed by atoms with van der Waals surface area (Å²) in [7, 11) is 0. The first-order valence-corrected chi connectivity index (χ1v) is 8.04. The van der Waals surface area contributed by atoms with Crippen LogP contribution in [0.5, 0.6) is 0 Å². The second kappa shape index (κ2) is 6.14. The van der Waals surface area contributed by atoms with Crippen molar-refractivity contribution in [3.8, 4) is 0 Å². The molecule has 1 saturated heterocycles. The maximum atomic E-state index is 11.6. The molecule has 1 aromatic rings. The van der Waals surface area contributed by atoms with E-state index in [1.807, 2.05) is 19.3 Å². The number of fused-ring (bicyclic) bond motifs is 1. The third-order valence-corrected chi connectivity index (χ3v) is 5.09. The lowest BCUT2D eigenvalue weighted by molar-refractivity contribution is -0.148. The lowest BCUT2D eigenvalue weighted by atomic mass is 9.76. The Hall–Kier alpha value is -1.42. The Kier molecular flexibility index (Phi) is 4.24. The van der Waals surface area contributed by atoms with Gasteiger partial charge in [-0.2, -0.15) is 0 Å². The summed E-state index contributed by atoms with van der Waals surface area (Å²) < 4.78 is 0. The van der Waals surface area contributed by atoms with Crippen LogP contribution in [0.4, 0.5) is 0 Å². The maximum absolute atomic E-state index is 11.6. The average Bonchev–Trinajstić information content (AvgIpc) is 2.47. The standard InChI is InChI=1S/C17H24N2O2/c1-12-8-13(10-18-9-12)11-19-15-5-3-2-4-14(15)6-7-16(19)17(20)21/h8-10,14-16H,2-7,11H2,1H3,(H,20,21). The first kappa shape index (κ1) is 14.5. The van der Waals surface area contributed by atoms with Crippen LogP contribution in [0.25, 0.3) is 0 Å². The molecule has 0 amide bonds. The fourth-order valence-corrected chi connectivity index (χ4v) is 4.14. The number of piperidine rings is 1. The smallest absolute Gasteiger partial charge is 0.320 e. The number of carbonyl (C=O) groups is 1. The zero-order chi connectivity index (χ0) is 14.8. The van der Waals surface area contributed by atoms with E-state index >= 15 is 0 Å². The van der Waals surface area contributed by atoms with Gasteiger partial charge in [0.2, 0.25) is 0 Å². The van der Waals surface area contributed by atoms with Crippen LogP contribution < -0.4 is 0 Å². The molecular weight excluding hydrogens is 264 g/mol. The molecule has 2 fully saturated rings. The van der Waals surface area contributed by atoms with Crippen molar-refractivity contribution in [2.75, 3.05) is 0 Å². The van der Waals surface area contributed by atoms with E-state index < -0.39 is 5.97 Å². The highest BCUT2D eigenvalue weighted by molar-refractivity contribution is 5.73. The number of aliphatic carboxylic acids is 1. The van der Waals surface area contributed by atoms with Gasteiger partial charge in [-0.15, -0.1) is 0 Å². The van der Waals surface area contributed by atoms with E-state index in [0.717, 1.165) is 30.4 Å². The van der Waals surface area contributed by atoms with Crippen molar-refractivity contribution < 1.29 is 9.90 Å². The lowest BCUT2D eigenvalue weighted by Gasteiger charge is -2.47. The SMILES string of the molecule is Cc1cncc(CN2C(C(=O)O)CCC3CCCCC32)c1. The number of nitrogens with zero attached hydrogens (tertiary/aromatic N) is 2. The Bertz CT molecular complexity index is 517. The van der Waals surface area contributed by atoms with E-state index in [4.69, 9.17) is 0 Å². The molecule has 2 aliphatic rings. The highest BCUT2D eigenvalue weighted by Gasteiger charge is 2.41. The van der Waals surface area contributed by atoms with Crippen molar-refractivity contribution in [3.63, 3.8) is 0 Å². The van der Waals surface area contributed by atoms with E-state index in [1.54, 1.807) is 0 Å². The third kappa shape index (κ3) is 3.10. The van der Waals surface area contributed by atoms with Crippen molar-refractivity contribution in [2.45, 2.75) is 64.1 Å². The predicted molar refractivity (Wildman–Crippen MR) is 80.9 cm³/mol. The van der Waals surface area contributed by atoms with Crippen LogP contribution in [0.1, 0.15) is 49.7 Å². The molecule has 1 saturated carbocycles. The zero-order valence-electron chi connectivity index (χ0n) is 12.7. The lowest BCUT2D eigenvalue weighted by Crippen LogP contribution is -2.54. The van der Waals surface area contributed by atoms with E-state index in [2.05, 4.69) is 16.0 Å². The van der Waals surface area contributed by atoms with Crippen LogP contribution in [0, 0.1) is 12.8 Å². The number of likely N-dealkylation sites (tertiary alicyclic amines) is 1. The van der Waals surface area contributed by atoms with Gasteiger partial charge in [-0.1, -0.05) is 18.9 Å². The van der Waals surface area contributed by atoms with Crippen LogP contribution in [-0.4, -0.2) is 33.0 Å². The molecular formula is C17H24N2O2. The first-order valence-electron chi connectivity index (χ1n) is 8.04. The average molecular weight is 288 g/mol. The van der Waals surface area contributed by atoms with Crippen LogP contribution in [-0.2, 0) is 11.3 Å². The number of hydrogen-bond acceptors (Lipinski definition) is 3. The highest BCUT2D eigenvalue weighted by Crippen LogP contribution is 2.38. The molecule has 3 rings (SSSR count). The first-order chi connectivity index (χ1) is 10.1. The van der Waals surface area contributed by atoms with E-state index in [-0.39, 0.29) is 6.04 Å². The Balaban J connectivity index is 1.83. The highest BCUT2D eigenvalue weighted by atomic mass is 16.4. The molecule has 4 nitrogen and oxygen atoms in total. The van der Waals surface area contributed by atoms with Crippen molar-refractivity contribution in [2.24, 2.45) is 5.92 Å². The summed E-state index contributed by atoms with van der Waals surface area (Å²) in [5.74, 6) is 0.0201. The predicted octanol–water partition coefficient (Wildman–Crippen LogP) is 3.00. The summed E-state index contributed by atoms with van der Waals surface area (Å²) >= 11 is 0. The van der Waals surface area contributed by atoms with Gasteiger partial charge in [0.1, 0.15) is 6.04 Å². The van der Waals surface area contributed by atoms with Crippen molar-refractivity contribution in [1.82, 2.24) is 9.88 Å². The molecule has 0 aromatic carbocycles. The van der Waals surface area contributed by atoms with Crippen molar-refractivity contribution in [1.29, 1.82) is 0 Å². The fraction of sp³-hybridized carbons (Fsp3) is 0.647. The van der Waals surface area contributed by atoms with Gasteiger partial charge in [-0.3, -0.25) is 14.7 Å². The molecule has 0 spiro atoms. The Labute approximate surface area is 126 Å². The van der Waals surface area contributed by atoms with Gasteiger partial charge in [0.15, 0.2) is 0 Å². The van der Waals surface area contributed by atoms with Crippen LogP contribution >= 0.6 is 0 Å². The minimum Gasteiger partial charge on any atom is -0.480 e. The van der Waals surface area contributed by atoms with Crippen molar-refractivity contribution in [3.05, 3.63) is 29.6 Å². The number of pyridine rings is 1. The number of carboxylic acids is 1. The minimum atomic E-state index is -0.667. The molecule has 1 aromatic heterocycles. The van der Waals surface area contributed by atoms with Crippen LogP contribution in [0.2, 0.25) is 0 Å². The molecule has 21 heavy (non-hydrogen) atoms. The van der Waals surface area contributed by atoms with Gasteiger partial charge >= 0.3 is 5.97 Å². The summed E-state index contributed by atoms with van der Waals surface area (Å²) in [6, 6.07) is 2.23. The molecule has 3 unspecified atom stereocenters. The number of hydrogen-bond donors (Lipinski definition) is 1. The molecule has 0 bridgehead atoms. The van der Waals surface area contributed by atoms with E-state index in [0.29, 0.717) is 18.5 Å². The molecule has 1 aliphatic heterocycles. The number of aryl methyl sites for hydroxylation is 1. The van der Waals surface area contributed by atoms with Crippen LogP contribution in [0.15, 0.2) is 18.5 Å². The van der Waals surface area contributed by atoms with Gasteiger partial charge in [-0.25, -0.2) is 0 Å². The van der Waals surface area contributed by atoms with Gasteiger partial charge in [-0.05, 0) is 49.7 Å². The second-order valence-electron chi connectivity index (χ2n) is 6.59. The van der Waals surface area contributed by atoms with Gasteiger partial charge in [0.25, 0.3) is 0 Å². The molecule has 2 heterocycles. The Morgan fingerprint density at radius 1 is 1.29 bits per heavy atom. The Morgan fingerprint density at radius 2 is 2.10 bits per heavy atom.